The molecule has 2 rings (SSSR count). The van der Waals surface area contributed by atoms with Gasteiger partial charge in [-0.2, -0.15) is 0 Å². The monoisotopic (exact) mass is 316 g/mol. The fourth-order valence-corrected chi connectivity index (χ4v) is 2.41. The van der Waals surface area contributed by atoms with Crippen molar-refractivity contribution in [1.82, 2.24) is 0 Å². The van der Waals surface area contributed by atoms with Gasteiger partial charge in [-0.1, -0.05) is 46.9 Å². The van der Waals surface area contributed by atoms with Gasteiger partial charge in [-0.3, -0.25) is 4.79 Å². The van der Waals surface area contributed by atoms with Gasteiger partial charge >= 0.3 is 0 Å². The maximum atomic E-state index is 13.3. The molecule has 0 aliphatic rings. The van der Waals surface area contributed by atoms with Gasteiger partial charge in [0, 0.05) is 6.42 Å². The minimum Gasteiger partial charge on any atom is -0.294 e. The van der Waals surface area contributed by atoms with E-state index in [1.165, 1.54) is 12.1 Å². The van der Waals surface area contributed by atoms with Gasteiger partial charge in [-0.15, -0.1) is 0 Å². The van der Waals surface area contributed by atoms with Gasteiger partial charge in [-0.05, 0) is 29.8 Å². The molecular weight excluding hydrogens is 310 g/mol. The summed E-state index contributed by atoms with van der Waals surface area (Å²) < 4.78 is 13.3. The van der Waals surface area contributed by atoms with Crippen LogP contribution >= 0.6 is 34.8 Å². The third-order valence-corrected chi connectivity index (χ3v) is 3.53. The lowest BCUT2D eigenvalue weighted by molar-refractivity contribution is 0.0993. The van der Waals surface area contributed by atoms with Crippen LogP contribution < -0.4 is 0 Å². The predicted molar refractivity (Wildman–Crippen MR) is 75.9 cm³/mol. The summed E-state index contributed by atoms with van der Waals surface area (Å²) in [6.07, 6.45) is 0.0115. The number of carbonyl (C=O) groups is 1. The molecule has 1 nitrogen and oxygen atoms in total. The van der Waals surface area contributed by atoms with Crippen molar-refractivity contribution < 1.29 is 9.18 Å². The summed E-state index contributed by atoms with van der Waals surface area (Å²) in [7, 11) is 0. The van der Waals surface area contributed by atoms with Crippen LogP contribution in [0.15, 0.2) is 36.4 Å². The topological polar surface area (TPSA) is 17.1 Å². The number of hydrogen-bond donors (Lipinski definition) is 0. The molecule has 2 aromatic carbocycles. The molecule has 0 saturated heterocycles. The molecule has 0 spiro atoms. The Morgan fingerprint density at radius 1 is 1.00 bits per heavy atom. The summed E-state index contributed by atoms with van der Waals surface area (Å²) in [4.78, 5) is 12.1. The smallest absolute Gasteiger partial charge is 0.170 e. The molecule has 0 saturated carbocycles. The molecule has 2 aromatic rings. The Hall–Kier alpha value is -1.09. The maximum Gasteiger partial charge on any atom is 0.170 e. The Labute approximate surface area is 124 Å². The van der Waals surface area contributed by atoms with Crippen LogP contribution in [0.3, 0.4) is 0 Å². The summed E-state index contributed by atoms with van der Waals surface area (Å²) in [5, 5.41) is 0.589. The van der Waals surface area contributed by atoms with Crippen molar-refractivity contribution in [2.24, 2.45) is 0 Å². The quantitative estimate of drug-likeness (QED) is 0.710. The maximum absolute atomic E-state index is 13.3. The van der Waals surface area contributed by atoms with E-state index >= 15 is 0 Å². The minimum absolute atomic E-state index is 0.0115. The summed E-state index contributed by atoms with van der Waals surface area (Å²) in [6.45, 7) is 0. The summed E-state index contributed by atoms with van der Waals surface area (Å²) in [6, 6.07) is 9.06. The molecule has 0 fully saturated rings. The molecule has 0 unspecified atom stereocenters. The Morgan fingerprint density at radius 2 is 1.63 bits per heavy atom. The van der Waals surface area contributed by atoms with E-state index in [-0.39, 0.29) is 32.8 Å². The van der Waals surface area contributed by atoms with Crippen LogP contribution in [0.2, 0.25) is 15.1 Å². The number of benzene rings is 2. The fraction of sp³-hybridized carbons (Fsp3) is 0.0714. The molecule has 0 aliphatic carbocycles. The van der Waals surface area contributed by atoms with Crippen molar-refractivity contribution >= 4 is 40.6 Å². The standard InChI is InChI=1S/C14H8Cl3FO/c15-9-5-4-8(6-12(9)18)7-13(19)14-10(16)2-1-3-11(14)17/h1-6H,7H2. The first kappa shape index (κ1) is 14.3. The van der Waals surface area contributed by atoms with Crippen LogP contribution in [-0.4, -0.2) is 5.78 Å². The molecule has 0 aromatic heterocycles. The van der Waals surface area contributed by atoms with Crippen molar-refractivity contribution in [3.63, 3.8) is 0 Å². The molecule has 0 atom stereocenters. The van der Waals surface area contributed by atoms with Crippen molar-refractivity contribution in [3.8, 4) is 0 Å². The van der Waals surface area contributed by atoms with Crippen molar-refractivity contribution in [1.29, 1.82) is 0 Å². The van der Waals surface area contributed by atoms with Gasteiger partial charge in [0.1, 0.15) is 5.82 Å². The number of Topliss-reactive ketones (excluding diaryl/α,β-unsaturated/α-hetero) is 1. The third-order valence-electron chi connectivity index (χ3n) is 2.59. The Kier molecular flexibility index (Phi) is 4.46. The second-order valence-electron chi connectivity index (χ2n) is 3.95. The first-order chi connectivity index (χ1) is 8.99. The molecule has 5 heteroatoms. The van der Waals surface area contributed by atoms with Gasteiger partial charge < -0.3 is 0 Å². The second kappa shape index (κ2) is 5.91. The Balaban J connectivity index is 2.28. The lowest BCUT2D eigenvalue weighted by Gasteiger charge is -2.06. The molecule has 19 heavy (non-hydrogen) atoms. The highest BCUT2D eigenvalue weighted by atomic mass is 35.5. The molecule has 0 heterocycles. The van der Waals surface area contributed by atoms with Gasteiger partial charge in [0.15, 0.2) is 5.78 Å². The molecule has 0 amide bonds. The molecule has 98 valence electrons. The first-order valence-corrected chi connectivity index (χ1v) is 6.53. The van der Waals surface area contributed by atoms with E-state index in [1.54, 1.807) is 24.3 Å². The first-order valence-electron chi connectivity index (χ1n) is 5.40. The lowest BCUT2D eigenvalue weighted by Crippen LogP contribution is -2.05. The molecular formula is C14H8Cl3FO. The summed E-state index contributed by atoms with van der Waals surface area (Å²) >= 11 is 17.5. The number of halogens is 4. The van der Waals surface area contributed by atoms with Crippen LogP contribution in [0.5, 0.6) is 0 Å². The van der Waals surface area contributed by atoms with E-state index in [1.807, 2.05) is 0 Å². The average Bonchev–Trinajstić information content (AvgIpc) is 2.33. The third kappa shape index (κ3) is 3.27. The normalized spacial score (nSPS) is 10.5. The lowest BCUT2D eigenvalue weighted by atomic mass is 10.0. The van der Waals surface area contributed by atoms with Crippen LogP contribution in [-0.2, 0) is 6.42 Å². The van der Waals surface area contributed by atoms with E-state index in [2.05, 4.69) is 0 Å². The number of carbonyl (C=O) groups excluding carboxylic acids is 1. The van der Waals surface area contributed by atoms with Gasteiger partial charge in [0.25, 0.3) is 0 Å². The summed E-state index contributed by atoms with van der Waals surface area (Å²) in [5.41, 5.74) is 0.768. The van der Waals surface area contributed by atoms with E-state index < -0.39 is 5.82 Å². The zero-order valence-corrected chi connectivity index (χ0v) is 11.9. The van der Waals surface area contributed by atoms with Crippen molar-refractivity contribution in [2.75, 3.05) is 0 Å². The highest BCUT2D eigenvalue weighted by Gasteiger charge is 2.15. The average molecular weight is 318 g/mol. The van der Waals surface area contributed by atoms with Crippen molar-refractivity contribution in [2.45, 2.75) is 6.42 Å². The zero-order valence-electron chi connectivity index (χ0n) is 9.59. The fourth-order valence-electron chi connectivity index (χ4n) is 1.69. The zero-order chi connectivity index (χ0) is 14.0. The Morgan fingerprint density at radius 3 is 2.21 bits per heavy atom. The number of ketones is 1. The molecule has 0 bridgehead atoms. The predicted octanol–water partition coefficient (Wildman–Crippen LogP) is 5.21. The van der Waals surface area contributed by atoms with Gasteiger partial charge in [0.05, 0.1) is 20.6 Å². The Bertz CT molecular complexity index is 620. The molecule has 0 N–H and O–H groups in total. The van der Waals surface area contributed by atoms with E-state index in [9.17, 15) is 9.18 Å². The molecule has 0 radical (unpaired) electrons. The van der Waals surface area contributed by atoms with Crippen LogP contribution in [0.4, 0.5) is 4.39 Å². The van der Waals surface area contributed by atoms with Gasteiger partial charge in [0.2, 0.25) is 0 Å². The van der Waals surface area contributed by atoms with Crippen LogP contribution in [0.1, 0.15) is 15.9 Å². The largest absolute Gasteiger partial charge is 0.294 e. The van der Waals surface area contributed by atoms with Gasteiger partial charge in [-0.25, -0.2) is 4.39 Å². The highest BCUT2D eigenvalue weighted by Crippen LogP contribution is 2.26. The number of rotatable bonds is 3. The SMILES string of the molecule is O=C(Cc1ccc(Cl)c(F)c1)c1c(Cl)cccc1Cl. The van der Waals surface area contributed by atoms with Crippen LogP contribution in [0, 0.1) is 5.82 Å². The van der Waals surface area contributed by atoms with E-state index in [0.29, 0.717) is 5.56 Å². The minimum atomic E-state index is -0.558. The van der Waals surface area contributed by atoms with E-state index in [4.69, 9.17) is 34.8 Å². The van der Waals surface area contributed by atoms with E-state index in [0.717, 1.165) is 0 Å². The van der Waals surface area contributed by atoms with Crippen LogP contribution in [0.25, 0.3) is 0 Å². The highest BCUT2D eigenvalue weighted by molar-refractivity contribution is 6.39. The van der Waals surface area contributed by atoms with Crippen molar-refractivity contribution in [3.05, 3.63) is 68.4 Å². The number of hydrogen-bond acceptors (Lipinski definition) is 1. The second-order valence-corrected chi connectivity index (χ2v) is 5.17. The molecule has 0 aliphatic heterocycles. The summed E-state index contributed by atoms with van der Waals surface area (Å²) in [5.74, 6) is -0.824.